The smallest absolute Gasteiger partial charge is 0.306 e. The van der Waals surface area contributed by atoms with Gasteiger partial charge in [0.25, 0.3) is 0 Å². The molecule has 1 amide bonds. The molecule has 0 aliphatic carbocycles. The number of nitrogens with zero attached hydrogens (tertiary/aromatic N) is 1. The Morgan fingerprint density at radius 3 is 2.54 bits per heavy atom. The number of hydrogen-bond donors (Lipinski definition) is 2. The SMILES string of the molecule is CCCN(CCC)C(=O)CCCC(=O)O[C@H](CNCc1cccc(OC)c1)[C@@H](N)Cc1cccs1. The molecule has 0 spiro atoms. The first-order chi connectivity index (χ1) is 17.0. The molecule has 0 radical (unpaired) electrons. The maximum atomic E-state index is 12.6. The van der Waals surface area contributed by atoms with Gasteiger partial charge in [-0.25, -0.2) is 0 Å². The Hall–Kier alpha value is -2.42. The van der Waals surface area contributed by atoms with E-state index in [1.807, 2.05) is 46.7 Å². The van der Waals surface area contributed by atoms with Crippen molar-refractivity contribution in [2.45, 2.75) is 71.1 Å². The molecule has 0 saturated carbocycles. The van der Waals surface area contributed by atoms with Crippen LogP contribution in [0, 0.1) is 0 Å². The highest BCUT2D eigenvalue weighted by Crippen LogP contribution is 2.15. The molecule has 2 rings (SSSR count). The van der Waals surface area contributed by atoms with Crippen LogP contribution in [-0.2, 0) is 27.3 Å². The fraction of sp³-hybridized carbons (Fsp3) is 0.556. The summed E-state index contributed by atoms with van der Waals surface area (Å²) in [6.07, 6.45) is 3.07. The number of hydrogen-bond acceptors (Lipinski definition) is 7. The minimum Gasteiger partial charge on any atom is -0.497 e. The van der Waals surface area contributed by atoms with Crippen molar-refractivity contribution < 1.29 is 19.1 Å². The summed E-state index contributed by atoms with van der Waals surface area (Å²) >= 11 is 1.64. The Bertz CT molecular complexity index is 869. The summed E-state index contributed by atoms with van der Waals surface area (Å²) in [5.41, 5.74) is 7.55. The second kappa shape index (κ2) is 16.3. The standard InChI is InChI=1S/C27H41N3O4S/c1-4-14-30(15-5-2)26(31)12-7-13-27(32)34-25(24(28)18-23-11-8-16-35-23)20-29-19-21-9-6-10-22(17-21)33-3/h6,8-11,16-17,24-25,29H,4-5,7,12-15,18-20,28H2,1-3H3/t24-,25+/m0/s1. The third-order valence-corrected chi connectivity index (χ3v) is 6.60. The normalized spacial score (nSPS) is 12.7. The molecule has 0 aliphatic rings. The molecule has 1 heterocycles. The van der Waals surface area contributed by atoms with Crippen LogP contribution in [-0.4, -0.2) is 55.7 Å². The van der Waals surface area contributed by atoms with Gasteiger partial charge in [-0.3, -0.25) is 9.59 Å². The molecule has 35 heavy (non-hydrogen) atoms. The number of nitrogens with one attached hydrogen (secondary N) is 1. The van der Waals surface area contributed by atoms with E-state index in [0.29, 0.717) is 32.4 Å². The summed E-state index contributed by atoms with van der Waals surface area (Å²) in [5.74, 6) is 0.588. The lowest BCUT2D eigenvalue weighted by atomic mass is 10.1. The van der Waals surface area contributed by atoms with E-state index in [1.165, 1.54) is 0 Å². The molecular formula is C27H41N3O4S. The lowest BCUT2D eigenvalue weighted by molar-refractivity contribution is -0.150. The molecule has 1 aromatic carbocycles. The van der Waals surface area contributed by atoms with Gasteiger partial charge in [0, 0.05) is 56.4 Å². The van der Waals surface area contributed by atoms with Gasteiger partial charge in [0.2, 0.25) is 5.91 Å². The molecule has 0 unspecified atom stereocenters. The summed E-state index contributed by atoms with van der Waals surface area (Å²) in [7, 11) is 1.64. The van der Waals surface area contributed by atoms with Crippen molar-refractivity contribution in [3.8, 4) is 5.75 Å². The maximum Gasteiger partial charge on any atom is 0.306 e. The molecule has 0 aliphatic heterocycles. The summed E-state index contributed by atoms with van der Waals surface area (Å²) in [6.45, 7) is 6.70. The number of thiophene rings is 1. The number of carbonyl (C=O) groups excluding carboxylic acids is 2. The van der Waals surface area contributed by atoms with Gasteiger partial charge in [-0.2, -0.15) is 0 Å². The fourth-order valence-electron chi connectivity index (χ4n) is 3.88. The predicted octanol–water partition coefficient (Wildman–Crippen LogP) is 4.15. The fourth-order valence-corrected chi connectivity index (χ4v) is 4.66. The van der Waals surface area contributed by atoms with E-state index in [4.69, 9.17) is 15.2 Å². The number of ether oxygens (including phenoxy) is 2. The third-order valence-electron chi connectivity index (χ3n) is 5.70. The number of benzene rings is 1. The first-order valence-electron chi connectivity index (χ1n) is 12.6. The highest BCUT2D eigenvalue weighted by molar-refractivity contribution is 7.09. The Balaban J connectivity index is 1.88. The van der Waals surface area contributed by atoms with Gasteiger partial charge in [0.15, 0.2) is 0 Å². The number of esters is 1. The molecule has 194 valence electrons. The molecule has 0 bridgehead atoms. The van der Waals surface area contributed by atoms with Crippen LogP contribution in [0.3, 0.4) is 0 Å². The van der Waals surface area contributed by atoms with Crippen LogP contribution in [0.25, 0.3) is 0 Å². The Morgan fingerprint density at radius 1 is 1.11 bits per heavy atom. The lowest BCUT2D eigenvalue weighted by Gasteiger charge is -2.25. The highest BCUT2D eigenvalue weighted by Gasteiger charge is 2.23. The summed E-state index contributed by atoms with van der Waals surface area (Å²) < 4.78 is 11.1. The van der Waals surface area contributed by atoms with Gasteiger partial charge >= 0.3 is 5.97 Å². The lowest BCUT2D eigenvalue weighted by Crippen LogP contribution is -2.45. The minimum atomic E-state index is -0.470. The number of rotatable bonds is 17. The zero-order chi connectivity index (χ0) is 25.5. The van der Waals surface area contributed by atoms with Gasteiger partial charge in [0.1, 0.15) is 11.9 Å². The van der Waals surface area contributed by atoms with Gasteiger partial charge in [-0.1, -0.05) is 32.0 Å². The van der Waals surface area contributed by atoms with Crippen LogP contribution >= 0.6 is 11.3 Å². The predicted molar refractivity (Wildman–Crippen MR) is 142 cm³/mol. The Kier molecular flexibility index (Phi) is 13.4. The summed E-state index contributed by atoms with van der Waals surface area (Å²) in [4.78, 5) is 28.1. The topological polar surface area (TPSA) is 93.9 Å². The van der Waals surface area contributed by atoms with Crippen LogP contribution in [0.15, 0.2) is 41.8 Å². The van der Waals surface area contributed by atoms with Gasteiger partial charge in [-0.15, -0.1) is 11.3 Å². The minimum absolute atomic E-state index is 0.104. The van der Waals surface area contributed by atoms with E-state index in [0.717, 1.165) is 42.1 Å². The van der Waals surface area contributed by atoms with E-state index >= 15 is 0 Å². The number of methoxy groups -OCH3 is 1. The molecule has 2 atom stereocenters. The first-order valence-corrected chi connectivity index (χ1v) is 13.4. The molecule has 0 saturated heterocycles. The highest BCUT2D eigenvalue weighted by atomic mass is 32.1. The van der Waals surface area contributed by atoms with E-state index in [2.05, 4.69) is 19.2 Å². The van der Waals surface area contributed by atoms with E-state index in [1.54, 1.807) is 18.4 Å². The first kappa shape index (κ1) is 28.8. The zero-order valence-electron chi connectivity index (χ0n) is 21.3. The zero-order valence-corrected chi connectivity index (χ0v) is 22.1. The Morgan fingerprint density at radius 2 is 1.89 bits per heavy atom. The van der Waals surface area contributed by atoms with Crippen molar-refractivity contribution in [3.05, 3.63) is 52.2 Å². The average Bonchev–Trinajstić information content (AvgIpc) is 3.36. The van der Waals surface area contributed by atoms with Gasteiger partial charge in [-0.05, 0) is 48.4 Å². The van der Waals surface area contributed by atoms with E-state index in [-0.39, 0.29) is 24.3 Å². The van der Waals surface area contributed by atoms with Gasteiger partial charge < -0.3 is 25.4 Å². The van der Waals surface area contributed by atoms with Crippen LogP contribution in [0.1, 0.15) is 56.4 Å². The summed E-state index contributed by atoms with van der Waals surface area (Å²) in [6, 6.07) is 11.5. The quantitative estimate of drug-likeness (QED) is 0.315. The van der Waals surface area contributed by atoms with Crippen molar-refractivity contribution in [2.75, 3.05) is 26.7 Å². The average molecular weight is 504 g/mol. The molecule has 2 aromatic rings. The van der Waals surface area contributed by atoms with Crippen molar-refractivity contribution in [1.82, 2.24) is 10.2 Å². The van der Waals surface area contributed by atoms with Crippen LogP contribution in [0.4, 0.5) is 0 Å². The van der Waals surface area contributed by atoms with Crippen molar-refractivity contribution in [1.29, 1.82) is 0 Å². The third kappa shape index (κ3) is 10.8. The second-order valence-electron chi connectivity index (χ2n) is 8.69. The van der Waals surface area contributed by atoms with Crippen molar-refractivity contribution >= 4 is 23.2 Å². The van der Waals surface area contributed by atoms with E-state index in [9.17, 15) is 9.59 Å². The number of nitrogens with two attached hydrogens (primary N) is 1. The molecule has 1 aromatic heterocycles. The van der Waals surface area contributed by atoms with Crippen molar-refractivity contribution in [3.63, 3.8) is 0 Å². The molecule has 8 heteroatoms. The second-order valence-corrected chi connectivity index (χ2v) is 9.72. The van der Waals surface area contributed by atoms with E-state index < -0.39 is 6.10 Å². The Labute approximate surface area is 214 Å². The molecule has 3 N–H and O–H groups in total. The van der Waals surface area contributed by atoms with Crippen LogP contribution < -0.4 is 15.8 Å². The van der Waals surface area contributed by atoms with Crippen LogP contribution in [0.5, 0.6) is 5.75 Å². The van der Waals surface area contributed by atoms with Crippen LogP contribution in [0.2, 0.25) is 0 Å². The molecule has 0 fully saturated rings. The summed E-state index contributed by atoms with van der Waals surface area (Å²) in [5, 5.41) is 5.38. The maximum absolute atomic E-state index is 12.6. The van der Waals surface area contributed by atoms with Gasteiger partial charge in [0.05, 0.1) is 7.11 Å². The monoisotopic (exact) mass is 503 g/mol. The molecular weight excluding hydrogens is 462 g/mol. The molecule has 7 nitrogen and oxygen atoms in total. The number of amides is 1. The largest absolute Gasteiger partial charge is 0.497 e. The van der Waals surface area contributed by atoms with Crippen molar-refractivity contribution in [2.24, 2.45) is 5.73 Å². The number of carbonyl (C=O) groups is 2.